The summed E-state index contributed by atoms with van der Waals surface area (Å²) in [5, 5.41) is 12.0. The fraction of sp³-hybridized carbons (Fsp3) is 0.769. The molecule has 0 radical (unpaired) electrons. The molecule has 1 aliphatic heterocycles. The molecule has 0 aliphatic carbocycles. The number of hydrogen-bond acceptors (Lipinski definition) is 6. The fourth-order valence-electron chi connectivity index (χ4n) is 2.53. The third kappa shape index (κ3) is 3.97. The minimum atomic E-state index is -0.0183. The van der Waals surface area contributed by atoms with Crippen LogP contribution in [0.2, 0.25) is 0 Å². The van der Waals surface area contributed by atoms with Crippen LogP contribution in [0.1, 0.15) is 24.8 Å². The van der Waals surface area contributed by atoms with Gasteiger partial charge in [0.15, 0.2) is 0 Å². The van der Waals surface area contributed by atoms with Gasteiger partial charge in [0.05, 0.1) is 6.54 Å². The highest BCUT2D eigenvalue weighted by atomic mass is 32.1. The largest absolute Gasteiger partial charge is 0.304 e. The summed E-state index contributed by atoms with van der Waals surface area (Å²) in [4.78, 5) is 16.5. The molecule has 0 bridgehead atoms. The predicted octanol–water partition coefficient (Wildman–Crippen LogP) is 1.20. The van der Waals surface area contributed by atoms with Crippen molar-refractivity contribution in [1.29, 1.82) is 0 Å². The van der Waals surface area contributed by atoms with Crippen LogP contribution in [0.5, 0.6) is 0 Å². The number of anilines is 1. The van der Waals surface area contributed by atoms with Gasteiger partial charge < -0.3 is 4.90 Å². The van der Waals surface area contributed by atoms with Gasteiger partial charge in [-0.2, -0.15) is 0 Å². The van der Waals surface area contributed by atoms with Crippen LogP contribution in [0, 0.1) is 6.92 Å². The van der Waals surface area contributed by atoms with Crippen LogP contribution >= 0.6 is 11.3 Å². The maximum atomic E-state index is 12.0. The highest BCUT2D eigenvalue weighted by Crippen LogP contribution is 2.19. The number of nitrogens with zero attached hydrogens (tertiary/aromatic N) is 4. The lowest BCUT2D eigenvalue weighted by Crippen LogP contribution is -2.48. The Morgan fingerprint density at radius 1 is 1.55 bits per heavy atom. The second kappa shape index (κ2) is 6.60. The number of aryl methyl sites for hydroxylation is 1. The van der Waals surface area contributed by atoms with Crippen molar-refractivity contribution in [1.82, 2.24) is 20.0 Å². The number of amides is 1. The van der Waals surface area contributed by atoms with Crippen molar-refractivity contribution in [2.24, 2.45) is 0 Å². The summed E-state index contributed by atoms with van der Waals surface area (Å²) in [5.41, 5.74) is 0. The van der Waals surface area contributed by atoms with Gasteiger partial charge in [-0.15, -0.1) is 10.2 Å². The molecule has 1 aromatic rings. The summed E-state index contributed by atoms with van der Waals surface area (Å²) < 4.78 is 0. The van der Waals surface area contributed by atoms with Gasteiger partial charge in [0.2, 0.25) is 11.0 Å². The van der Waals surface area contributed by atoms with Crippen molar-refractivity contribution in [3.05, 3.63) is 5.01 Å². The highest BCUT2D eigenvalue weighted by Gasteiger charge is 2.26. The van der Waals surface area contributed by atoms with E-state index in [9.17, 15) is 4.79 Å². The number of piperidine rings is 1. The molecular formula is C13H23N5OS. The SMILES string of the molecule is Cc1nnc(NC(=O)CN(C)[C@@H]2CCN(C)[C@@H](C)C2)s1. The van der Waals surface area contributed by atoms with Gasteiger partial charge in [-0.1, -0.05) is 11.3 Å². The van der Waals surface area contributed by atoms with Crippen molar-refractivity contribution in [2.45, 2.75) is 38.8 Å². The van der Waals surface area contributed by atoms with E-state index in [1.165, 1.54) is 11.3 Å². The zero-order valence-electron chi connectivity index (χ0n) is 12.6. The molecule has 0 unspecified atom stereocenters. The van der Waals surface area contributed by atoms with E-state index in [0.717, 1.165) is 24.4 Å². The average Bonchev–Trinajstić information content (AvgIpc) is 2.77. The summed E-state index contributed by atoms with van der Waals surface area (Å²) >= 11 is 1.40. The fourth-order valence-corrected chi connectivity index (χ4v) is 3.13. The molecule has 1 aliphatic rings. The maximum absolute atomic E-state index is 12.0. The normalized spacial score (nSPS) is 24.1. The van der Waals surface area contributed by atoms with E-state index in [-0.39, 0.29) is 5.91 Å². The minimum absolute atomic E-state index is 0.0183. The molecule has 1 aromatic heterocycles. The average molecular weight is 297 g/mol. The Morgan fingerprint density at radius 3 is 2.90 bits per heavy atom. The molecule has 2 atom stereocenters. The Hall–Kier alpha value is -1.05. The number of hydrogen-bond donors (Lipinski definition) is 1. The number of aromatic nitrogens is 2. The highest BCUT2D eigenvalue weighted by molar-refractivity contribution is 7.15. The molecule has 1 N–H and O–H groups in total. The molecule has 1 saturated heterocycles. The van der Waals surface area contributed by atoms with Gasteiger partial charge in [0.1, 0.15) is 5.01 Å². The third-order valence-corrected chi connectivity index (χ3v) is 4.72. The molecule has 20 heavy (non-hydrogen) atoms. The first-order chi connectivity index (χ1) is 9.45. The zero-order valence-corrected chi connectivity index (χ0v) is 13.4. The second-order valence-electron chi connectivity index (χ2n) is 5.60. The molecule has 2 rings (SSSR count). The van der Waals surface area contributed by atoms with Crippen LogP contribution in [0.3, 0.4) is 0 Å². The Bertz CT molecular complexity index is 463. The van der Waals surface area contributed by atoms with Crippen LogP contribution in [0.4, 0.5) is 5.13 Å². The van der Waals surface area contributed by atoms with E-state index in [0.29, 0.717) is 23.8 Å². The third-order valence-electron chi connectivity index (χ3n) is 3.97. The van der Waals surface area contributed by atoms with Crippen molar-refractivity contribution in [3.63, 3.8) is 0 Å². The molecular weight excluding hydrogens is 274 g/mol. The number of likely N-dealkylation sites (tertiary alicyclic amines) is 1. The number of carbonyl (C=O) groups is 1. The summed E-state index contributed by atoms with van der Waals surface area (Å²) in [6.45, 7) is 5.61. The second-order valence-corrected chi connectivity index (χ2v) is 6.78. The topological polar surface area (TPSA) is 61.4 Å². The number of nitrogens with one attached hydrogen (secondary N) is 1. The van der Waals surface area contributed by atoms with Crippen molar-refractivity contribution >= 4 is 22.4 Å². The van der Waals surface area contributed by atoms with E-state index in [1.807, 2.05) is 14.0 Å². The standard InChI is InChI=1S/C13H23N5OS/c1-9-7-11(5-6-17(9)3)18(4)8-12(19)14-13-16-15-10(2)20-13/h9,11H,5-8H2,1-4H3,(H,14,16,19)/t9-,11+/m0/s1. The van der Waals surface area contributed by atoms with Crippen LogP contribution in [-0.4, -0.2) is 65.2 Å². The molecule has 7 heteroatoms. The molecule has 0 saturated carbocycles. The number of carbonyl (C=O) groups excluding carboxylic acids is 1. The van der Waals surface area contributed by atoms with Crippen LogP contribution < -0.4 is 5.32 Å². The summed E-state index contributed by atoms with van der Waals surface area (Å²) in [6.07, 6.45) is 2.22. The van der Waals surface area contributed by atoms with E-state index in [2.05, 4.69) is 39.3 Å². The minimum Gasteiger partial charge on any atom is -0.304 e. The van der Waals surface area contributed by atoms with Gasteiger partial charge in [-0.3, -0.25) is 15.0 Å². The number of rotatable bonds is 4. The zero-order chi connectivity index (χ0) is 14.7. The van der Waals surface area contributed by atoms with Crippen LogP contribution in [-0.2, 0) is 4.79 Å². The smallest absolute Gasteiger partial charge is 0.240 e. The van der Waals surface area contributed by atoms with Gasteiger partial charge >= 0.3 is 0 Å². The Kier molecular flexibility index (Phi) is 5.06. The molecule has 112 valence electrons. The molecule has 0 spiro atoms. The first-order valence-corrected chi connectivity index (χ1v) is 7.78. The summed E-state index contributed by atoms with van der Waals surface area (Å²) in [7, 11) is 4.18. The Balaban J connectivity index is 1.81. The summed E-state index contributed by atoms with van der Waals surface area (Å²) in [5.74, 6) is -0.0183. The van der Waals surface area contributed by atoms with Crippen molar-refractivity contribution in [3.8, 4) is 0 Å². The van der Waals surface area contributed by atoms with E-state index in [4.69, 9.17) is 0 Å². The van der Waals surface area contributed by atoms with Gasteiger partial charge in [-0.05, 0) is 47.3 Å². The van der Waals surface area contributed by atoms with Crippen molar-refractivity contribution in [2.75, 3.05) is 32.5 Å². The van der Waals surface area contributed by atoms with E-state index < -0.39 is 0 Å². The maximum Gasteiger partial charge on any atom is 0.240 e. The predicted molar refractivity (Wildman–Crippen MR) is 81.0 cm³/mol. The summed E-state index contributed by atoms with van der Waals surface area (Å²) in [6, 6.07) is 1.05. The van der Waals surface area contributed by atoms with Gasteiger partial charge in [0, 0.05) is 12.1 Å². The monoisotopic (exact) mass is 297 g/mol. The Labute approximate surface area is 124 Å². The molecule has 6 nitrogen and oxygen atoms in total. The van der Waals surface area contributed by atoms with Crippen LogP contribution in [0.25, 0.3) is 0 Å². The van der Waals surface area contributed by atoms with Gasteiger partial charge in [0.25, 0.3) is 0 Å². The van der Waals surface area contributed by atoms with E-state index >= 15 is 0 Å². The first-order valence-electron chi connectivity index (χ1n) is 6.96. The molecule has 1 amide bonds. The lowest BCUT2D eigenvalue weighted by molar-refractivity contribution is -0.117. The lowest BCUT2D eigenvalue weighted by atomic mass is 9.98. The van der Waals surface area contributed by atoms with Crippen LogP contribution in [0.15, 0.2) is 0 Å². The lowest BCUT2D eigenvalue weighted by Gasteiger charge is -2.39. The Morgan fingerprint density at radius 2 is 2.30 bits per heavy atom. The molecule has 2 heterocycles. The van der Waals surface area contributed by atoms with Gasteiger partial charge in [-0.25, -0.2) is 0 Å². The first kappa shape index (κ1) is 15.3. The molecule has 0 aromatic carbocycles. The quantitative estimate of drug-likeness (QED) is 0.905. The van der Waals surface area contributed by atoms with Crippen molar-refractivity contribution < 1.29 is 4.79 Å². The molecule has 1 fully saturated rings. The van der Waals surface area contributed by atoms with E-state index in [1.54, 1.807) is 0 Å². The number of likely N-dealkylation sites (N-methyl/N-ethyl adjacent to an activating group) is 1.